The van der Waals surface area contributed by atoms with Gasteiger partial charge < -0.3 is 16.2 Å². The molecule has 0 radical (unpaired) electrons. The number of aliphatic hydroxyl groups is 1. The largest absolute Gasteiger partial charge is 0.393 e. The van der Waals surface area contributed by atoms with Gasteiger partial charge in [-0.25, -0.2) is 0 Å². The first-order chi connectivity index (χ1) is 6.11. The Hall–Kier alpha value is -0.610. The Balaban J connectivity index is 2.11. The fourth-order valence-corrected chi connectivity index (χ4v) is 1.37. The van der Waals surface area contributed by atoms with Gasteiger partial charge in [-0.1, -0.05) is 6.92 Å². The number of carbonyl (C=O) groups is 1. The lowest BCUT2D eigenvalue weighted by atomic mass is 9.89. The van der Waals surface area contributed by atoms with Gasteiger partial charge in [0.1, 0.15) is 0 Å². The van der Waals surface area contributed by atoms with Gasteiger partial charge in [0.25, 0.3) is 0 Å². The molecule has 0 aliphatic heterocycles. The third kappa shape index (κ3) is 3.32. The summed E-state index contributed by atoms with van der Waals surface area (Å²) in [6.07, 6.45) is 2.37. The van der Waals surface area contributed by atoms with E-state index >= 15 is 0 Å². The van der Waals surface area contributed by atoms with E-state index in [0.717, 1.165) is 6.42 Å². The number of nitrogens with two attached hydrogens (primary N) is 1. The van der Waals surface area contributed by atoms with Gasteiger partial charge in [0.2, 0.25) is 5.91 Å². The smallest absolute Gasteiger partial charge is 0.221 e. The van der Waals surface area contributed by atoms with Crippen LogP contribution in [0.5, 0.6) is 0 Å². The lowest BCUT2D eigenvalue weighted by molar-refractivity contribution is -0.123. The third-order valence-electron chi connectivity index (χ3n) is 2.45. The number of aliphatic hydroxyl groups excluding tert-OH is 1. The Labute approximate surface area is 78.5 Å². The summed E-state index contributed by atoms with van der Waals surface area (Å²) in [7, 11) is 0. The van der Waals surface area contributed by atoms with Crippen LogP contribution in [0, 0.1) is 0 Å². The molecular formula is C9H18N2O2. The Kier molecular flexibility index (Phi) is 3.69. The molecule has 1 aliphatic rings. The van der Waals surface area contributed by atoms with Gasteiger partial charge in [-0.05, 0) is 19.3 Å². The fraction of sp³-hybridized carbons (Fsp3) is 0.889. The number of rotatable bonds is 4. The van der Waals surface area contributed by atoms with Crippen LogP contribution in [-0.2, 0) is 4.79 Å². The minimum Gasteiger partial charge on any atom is -0.393 e. The van der Waals surface area contributed by atoms with Gasteiger partial charge in [0, 0.05) is 18.5 Å². The fourth-order valence-electron chi connectivity index (χ4n) is 1.37. The highest BCUT2D eigenvalue weighted by Crippen LogP contribution is 2.19. The molecule has 0 heterocycles. The summed E-state index contributed by atoms with van der Waals surface area (Å²) in [6, 6.07) is 0.136. The van der Waals surface area contributed by atoms with Gasteiger partial charge in [-0.15, -0.1) is 0 Å². The van der Waals surface area contributed by atoms with Crippen LogP contribution in [0.25, 0.3) is 0 Å². The summed E-state index contributed by atoms with van der Waals surface area (Å²) in [5.74, 6) is 0.00579. The predicted molar refractivity (Wildman–Crippen MR) is 50.1 cm³/mol. The number of hydrogen-bond acceptors (Lipinski definition) is 3. The van der Waals surface area contributed by atoms with Gasteiger partial charge in [-0.3, -0.25) is 4.79 Å². The van der Waals surface area contributed by atoms with Crippen LogP contribution < -0.4 is 11.1 Å². The lowest BCUT2D eigenvalue weighted by Gasteiger charge is -2.32. The maximum atomic E-state index is 11.2. The molecule has 1 aliphatic carbocycles. The molecule has 0 aromatic carbocycles. The van der Waals surface area contributed by atoms with Crippen molar-refractivity contribution in [3.63, 3.8) is 0 Å². The van der Waals surface area contributed by atoms with E-state index in [1.807, 2.05) is 6.92 Å². The van der Waals surface area contributed by atoms with E-state index in [9.17, 15) is 4.79 Å². The van der Waals surface area contributed by atoms with Crippen molar-refractivity contribution >= 4 is 5.91 Å². The lowest BCUT2D eigenvalue weighted by Crippen LogP contribution is -2.47. The first-order valence-electron chi connectivity index (χ1n) is 4.84. The zero-order chi connectivity index (χ0) is 9.84. The maximum absolute atomic E-state index is 11.2. The van der Waals surface area contributed by atoms with Crippen LogP contribution in [0.3, 0.4) is 0 Å². The summed E-state index contributed by atoms with van der Waals surface area (Å²) in [4.78, 5) is 11.2. The summed E-state index contributed by atoms with van der Waals surface area (Å²) < 4.78 is 0. The quantitative estimate of drug-likeness (QED) is 0.567. The maximum Gasteiger partial charge on any atom is 0.221 e. The molecule has 0 spiro atoms. The van der Waals surface area contributed by atoms with E-state index < -0.39 is 0 Å². The van der Waals surface area contributed by atoms with Gasteiger partial charge in [0.15, 0.2) is 0 Å². The molecule has 76 valence electrons. The molecule has 4 N–H and O–H groups in total. The Bertz CT molecular complexity index is 178. The highest BCUT2D eigenvalue weighted by atomic mass is 16.3. The predicted octanol–water partition coefficient (Wildman–Crippen LogP) is -0.247. The monoisotopic (exact) mass is 186 g/mol. The highest BCUT2D eigenvalue weighted by Gasteiger charge is 2.28. The van der Waals surface area contributed by atoms with Crippen LogP contribution in [0.4, 0.5) is 0 Å². The summed E-state index contributed by atoms with van der Waals surface area (Å²) in [6.45, 7) is 1.96. The zero-order valence-corrected chi connectivity index (χ0v) is 7.99. The van der Waals surface area contributed by atoms with Crippen LogP contribution in [-0.4, -0.2) is 29.2 Å². The second-order valence-corrected chi connectivity index (χ2v) is 3.76. The molecule has 1 atom stereocenters. The summed E-state index contributed by atoms with van der Waals surface area (Å²) >= 11 is 0. The van der Waals surface area contributed by atoms with Crippen molar-refractivity contribution in [2.75, 3.05) is 0 Å². The molecule has 0 aromatic rings. The second kappa shape index (κ2) is 4.58. The van der Waals surface area contributed by atoms with E-state index in [0.29, 0.717) is 19.3 Å². The molecule has 0 aromatic heterocycles. The van der Waals surface area contributed by atoms with Gasteiger partial charge >= 0.3 is 0 Å². The molecule has 0 bridgehead atoms. The van der Waals surface area contributed by atoms with E-state index in [1.54, 1.807) is 0 Å². The Morgan fingerprint density at radius 3 is 2.77 bits per heavy atom. The normalized spacial score (nSPS) is 29.2. The number of hydrogen-bond donors (Lipinski definition) is 3. The number of carbonyl (C=O) groups excluding carboxylic acids is 1. The molecule has 1 fully saturated rings. The minimum absolute atomic E-state index is 0.00579. The number of amides is 1. The van der Waals surface area contributed by atoms with Crippen LogP contribution >= 0.6 is 0 Å². The Morgan fingerprint density at radius 1 is 1.69 bits per heavy atom. The van der Waals surface area contributed by atoms with Gasteiger partial charge in [-0.2, -0.15) is 0 Å². The Morgan fingerprint density at radius 2 is 2.31 bits per heavy atom. The molecule has 1 rings (SSSR count). The summed E-state index contributed by atoms with van der Waals surface area (Å²) in [5, 5.41) is 11.8. The molecule has 4 heteroatoms. The average Bonchev–Trinajstić information content (AvgIpc) is 2.01. The van der Waals surface area contributed by atoms with E-state index in [4.69, 9.17) is 10.8 Å². The van der Waals surface area contributed by atoms with E-state index in [1.165, 1.54) is 0 Å². The molecule has 1 amide bonds. The second-order valence-electron chi connectivity index (χ2n) is 3.76. The van der Waals surface area contributed by atoms with Crippen LogP contribution in [0.15, 0.2) is 0 Å². The first kappa shape index (κ1) is 10.5. The van der Waals surface area contributed by atoms with Gasteiger partial charge in [0.05, 0.1) is 6.10 Å². The SMILES string of the molecule is CCC(N)CC(=O)NC1CC(O)C1. The standard InChI is InChI=1S/C9H18N2O2/c1-2-6(10)3-9(13)11-7-4-8(12)5-7/h6-8,12H,2-5,10H2,1H3,(H,11,13). The van der Waals surface area contributed by atoms with Crippen molar-refractivity contribution in [2.45, 2.75) is 50.8 Å². The van der Waals surface area contributed by atoms with Crippen molar-refractivity contribution in [3.05, 3.63) is 0 Å². The number of nitrogens with one attached hydrogen (secondary N) is 1. The molecular weight excluding hydrogens is 168 g/mol. The molecule has 0 saturated heterocycles. The molecule has 1 saturated carbocycles. The molecule has 4 nitrogen and oxygen atoms in total. The molecule has 13 heavy (non-hydrogen) atoms. The average molecular weight is 186 g/mol. The summed E-state index contributed by atoms with van der Waals surface area (Å²) in [5.41, 5.74) is 5.63. The van der Waals surface area contributed by atoms with E-state index in [-0.39, 0.29) is 24.1 Å². The van der Waals surface area contributed by atoms with Crippen molar-refractivity contribution in [3.8, 4) is 0 Å². The minimum atomic E-state index is -0.217. The first-order valence-corrected chi connectivity index (χ1v) is 4.84. The molecule has 1 unspecified atom stereocenters. The van der Waals surface area contributed by atoms with E-state index in [2.05, 4.69) is 5.32 Å². The third-order valence-corrected chi connectivity index (χ3v) is 2.45. The zero-order valence-electron chi connectivity index (χ0n) is 7.99. The van der Waals surface area contributed by atoms with Crippen LogP contribution in [0.2, 0.25) is 0 Å². The van der Waals surface area contributed by atoms with Crippen molar-refractivity contribution in [1.82, 2.24) is 5.32 Å². The van der Waals surface area contributed by atoms with Crippen molar-refractivity contribution in [1.29, 1.82) is 0 Å². The van der Waals surface area contributed by atoms with Crippen molar-refractivity contribution < 1.29 is 9.90 Å². The highest BCUT2D eigenvalue weighted by molar-refractivity contribution is 5.77. The topological polar surface area (TPSA) is 75.4 Å². The van der Waals surface area contributed by atoms with Crippen LogP contribution in [0.1, 0.15) is 32.6 Å². The van der Waals surface area contributed by atoms with Crippen molar-refractivity contribution in [2.24, 2.45) is 5.73 Å².